The molecular weight excluding hydrogens is 538 g/mol. The molecule has 0 saturated carbocycles. The maximum absolute atomic E-state index is 14.0. The molecule has 4 aliphatic rings. The number of nitrogens with one attached hydrogen (secondary N) is 1. The van der Waals surface area contributed by atoms with E-state index in [1.165, 1.54) is 107 Å². The molecule has 6 heterocycles. The number of hydrogen-bond donors (Lipinski definition) is 1. The molecule has 0 atom stereocenters. The number of amides is 1. The summed E-state index contributed by atoms with van der Waals surface area (Å²) in [5.74, 6) is 2.08. The van der Waals surface area contributed by atoms with Gasteiger partial charge in [0, 0.05) is 42.1 Å². The van der Waals surface area contributed by atoms with Gasteiger partial charge in [0.2, 0.25) is 5.91 Å². The smallest absolute Gasteiger partial charge is 0.233 e. The van der Waals surface area contributed by atoms with E-state index in [-0.39, 0.29) is 0 Å². The lowest BCUT2D eigenvalue weighted by molar-refractivity contribution is -0.137. The van der Waals surface area contributed by atoms with E-state index in [1.807, 2.05) is 0 Å². The van der Waals surface area contributed by atoms with E-state index >= 15 is 0 Å². The Morgan fingerprint density at radius 2 is 1.52 bits per heavy atom. The lowest BCUT2D eigenvalue weighted by atomic mass is 9.80. The number of thiophene rings is 1. The van der Waals surface area contributed by atoms with Crippen molar-refractivity contribution in [2.75, 3.05) is 32.8 Å². The first-order valence-corrected chi connectivity index (χ1v) is 17.5. The monoisotopic (exact) mass is 587 g/mol. The lowest BCUT2D eigenvalue weighted by Gasteiger charge is -2.37. The highest BCUT2D eigenvalue weighted by Gasteiger charge is 2.47. The highest BCUT2D eigenvalue weighted by molar-refractivity contribution is 7.19. The lowest BCUT2D eigenvalue weighted by Crippen LogP contribution is -2.45. The van der Waals surface area contributed by atoms with Crippen LogP contribution in [0.2, 0.25) is 0 Å². The van der Waals surface area contributed by atoms with Crippen LogP contribution in [0.25, 0.3) is 21.5 Å². The normalized spacial score (nSPS) is 24.3. The quantitative estimate of drug-likeness (QED) is 0.309. The Morgan fingerprint density at radius 1 is 0.905 bits per heavy atom. The summed E-state index contributed by atoms with van der Waals surface area (Å²) in [6.07, 6.45) is 10.9. The minimum Gasteiger partial charge on any atom is -0.381 e. The van der Waals surface area contributed by atoms with Gasteiger partial charge in [-0.1, -0.05) is 17.2 Å². The number of likely N-dealkylation sites (tertiary alicyclic amines) is 1. The molecule has 5 nitrogen and oxygen atoms in total. The highest BCUT2D eigenvalue weighted by Crippen LogP contribution is 2.45. The Bertz CT molecular complexity index is 1400. The van der Waals surface area contributed by atoms with Crippen molar-refractivity contribution in [3.63, 3.8) is 0 Å². The van der Waals surface area contributed by atoms with Crippen molar-refractivity contribution in [1.29, 1.82) is 0 Å². The number of H-pyrrole nitrogens is 1. The van der Waals surface area contributed by atoms with Crippen LogP contribution in [0.3, 0.4) is 0 Å². The molecule has 0 unspecified atom stereocenters. The molecule has 4 aliphatic heterocycles. The zero-order valence-electron chi connectivity index (χ0n) is 26.1. The minimum atomic E-state index is -0.501. The van der Waals surface area contributed by atoms with Crippen LogP contribution in [-0.4, -0.2) is 65.6 Å². The fourth-order valence-corrected chi connectivity index (χ4v) is 9.93. The predicted molar refractivity (Wildman–Crippen MR) is 173 cm³/mol. The fraction of sp³-hybridized carbons (Fsp3) is 0.639. The van der Waals surface area contributed by atoms with Gasteiger partial charge in [-0.2, -0.15) is 0 Å². The predicted octanol–water partition coefficient (Wildman–Crippen LogP) is 7.63. The maximum Gasteiger partial charge on any atom is 0.233 e. The molecule has 4 saturated heterocycles. The third kappa shape index (κ3) is 5.26. The highest BCUT2D eigenvalue weighted by atomic mass is 32.1. The van der Waals surface area contributed by atoms with E-state index in [0.29, 0.717) is 18.0 Å². The third-order valence-corrected chi connectivity index (χ3v) is 12.6. The van der Waals surface area contributed by atoms with Crippen LogP contribution in [0.15, 0.2) is 24.3 Å². The van der Waals surface area contributed by atoms with E-state index in [4.69, 9.17) is 4.74 Å². The van der Waals surface area contributed by atoms with E-state index in [1.54, 1.807) is 11.3 Å². The van der Waals surface area contributed by atoms with E-state index in [9.17, 15) is 4.79 Å². The summed E-state index contributed by atoms with van der Waals surface area (Å²) in [5, 5.41) is 1.33. The van der Waals surface area contributed by atoms with Gasteiger partial charge in [-0.25, -0.2) is 0 Å². The van der Waals surface area contributed by atoms with Crippen LogP contribution < -0.4 is 0 Å². The zero-order chi connectivity index (χ0) is 29.0. The Hall–Kier alpha value is -2.15. The van der Waals surface area contributed by atoms with Crippen LogP contribution in [0.5, 0.6) is 0 Å². The molecule has 0 aliphatic carbocycles. The van der Waals surface area contributed by atoms with Crippen molar-refractivity contribution in [3.8, 4) is 11.3 Å². The van der Waals surface area contributed by atoms with Crippen LogP contribution >= 0.6 is 11.3 Å². The van der Waals surface area contributed by atoms with Gasteiger partial charge in [-0.15, -0.1) is 11.3 Å². The standard InChI is InChI=1S/C36H49N3O2S/c1-23-19-24(2)21-27(20-23)33-30(11-16-38-14-9-25(10-15-38)26-12-17-41-18-13-26)31-22-32(42-34(31)37-33)36(3,4)35(40)39-28-5-6-29(39)8-7-28/h19-22,25-26,28-29,37H,5-18H2,1-4H3. The van der Waals surface area contributed by atoms with Gasteiger partial charge in [-0.05, 0) is 140 Å². The number of nitrogens with zero attached hydrogens (tertiary/aromatic N) is 2. The van der Waals surface area contributed by atoms with E-state index in [0.717, 1.165) is 38.0 Å². The number of ether oxygens (including phenoxy) is 1. The van der Waals surface area contributed by atoms with Crippen LogP contribution in [0.4, 0.5) is 0 Å². The molecule has 1 N–H and O–H groups in total. The molecule has 4 fully saturated rings. The zero-order valence-corrected chi connectivity index (χ0v) is 27.0. The first-order chi connectivity index (χ1) is 20.3. The van der Waals surface area contributed by atoms with Crippen molar-refractivity contribution in [3.05, 3.63) is 45.8 Å². The van der Waals surface area contributed by atoms with Crippen LogP contribution in [-0.2, 0) is 21.4 Å². The van der Waals surface area contributed by atoms with Gasteiger partial charge in [0.05, 0.1) is 11.1 Å². The van der Waals surface area contributed by atoms with Gasteiger partial charge in [0.25, 0.3) is 0 Å². The third-order valence-electron chi connectivity index (χ3n) is 11.2. The molecule has 2 bridgehead atoms. The molecule has 226 valence electrons. The first-order valence-electron chi connectivity index (χ1n) is 16.6. The SMILES string of the molecule is Cc1cc(C)cc(-c2[nH]c3sc(C(C)(C)C(=O)N4C5CCC4CC5)cc3c2CCN2CCC(C3CCOCC3)CC2)c1. The number of aryl methyl sites for hydroxylation is 2. The summed E-state index contributed by atoms with van der Waals surface area (Å²) >= 11 is 1.80. The van der Waals surface area contributed by atoms with E-state index < -0.39 is 5.41 Å². The molecule has 6 heteroatoms. The second-order valence-corrected chi connectivity index (χ2v) is 15.4. The van der Waals surface area contributed by atoms with Crippen molar-refractivity contribution in [2.45, 2.75) is 103 Å². The Kier molecular flexibility index (Phi) is 7.77. The number of piperidine rings is 1. The Labute approximate surface area is 256 Å². The maximum atomic E-state index is 14.0. The summed E-state index contributed by atoms with van der Waals surface area (Å²) in [5.41, 5.74) is 6.09. The second kappa shape index (κ2) is 11.4. The van der Waals surface area contributed by atoms with Crippen molar-refractivity contribution >= 4 is 27.5 Å². The molecule has 3 aromatic rings. The van der Waals surface area contributed by atoms with Crippen molar-refractivity contribution in [2.24, 2.45) is 11.8 Å². The summed E-state index contributed by atoms with van der Waals surface area (Å²) in [6, 6.07) is 10.2. The summed E-state index contributed by atoms with van der Waals surface area (Å²) in [7, 11) is 0. The van der Waals surface area contributed by atoms with Crippen molar-refractivity contribution < 1.29 is 9.53 Å². The number of aromatic nitrogens is 1. The number of hydrogen-bond acceptors (Lipinski definition) is 4. The molecule has 1 amide bonds. The van der Waals surface area contributed by atoms with Crippen LogP contribution in [0, 0.1) is 25.7 Å². The average molecular weight is 588 g/mol. The number of benzene rings is 1. The number of aromatic amines is 1. The number of carbonyl (C=O) groups is 1. The van der Waals surface area contributed by atoms with E-state index in [2.05, 4.69) is 66.7 Å². The summed E-state index contributed by atoms with van der Waals surface area (Å²) in [4.78, 5) is 25.2. The van der Waals surface area contributed by atoms with Gasteiger partial charge in [0.15, 0.2) is 0 Å². The fourth-order valence-electron chi connectivity index (χ4n) is 8.74. The minimum absolute atomic E-state index is 0.333. The van der Waals surface area contributed by atoms with Crippen LogP contribution in [0.1, 0.15) is 86.8 Å². The van der Waals surface area contributed by atoms with Crippen molar-refractivity contribution in [1.82, 2.24) is 14.8 Å². The molecule has 42 heavy (non-hydrogen) atoms. The number of rotatable bonds is 7. The Morgan fingerprint density at radius 3 is 2.17 bits per heavy atom. The first kappa shape index (κ1) is 28.6. The van der Waals surface area contributed by atoms with Gasteiger partial charge in [0.1, 0.15) is 4.83 Å². The molecular formula is C36H49N3O2S. The number of fused-ring (bicyclic) bond motifs is 3. The molecule has 0 spiro atoms. The van der Waals surface area contributed by atoms with Gasteiger partial charge in [-0.3, -0.25) is 4.79 Å². The largest absolute Gasteiger partial charge is 0.381 e. The summed E-state index contributed by atoms with van der Waals surface area (Å²) < 4.78 is 5.63. The Balaban J connectivity index is 1.14. The number of carbonyl (C=O) groups excluding carboxylic acids is 1. The second-order valence-electron chi connectivity index (χ2n) is 14.4. The van der Waals surface area contributed by atoms with Gasteiger partial charge >= 0.3 is 0 Å². The topological polar surface area (TPSA) is 48.6 Å². The van der Waals surface area contributed by atoms with Gasteiger partial charge < -0.3 is 19.5 Å². The molecule has 1 aromatic carbocycles. The molecule has 7 rings (SSSR count). The average Bonchev–Trinajstić information content (AvgIpc) is 3.76. The summed E-state index contributed by atoms with van der Waals surface area (Å²) in [6.45, 7) is 14.1. The molecule has 0 radical (unpaired) electrons. The molecule has 2 aromatic heterocycles.